The third kappa shape index (κ3) is 1.93. The number of rotatable bonds is 1. The van der Waals surface area contributed by atoms with Gasteiger partial charge in [0.05, 0.1) is 5.38 Å². The van der Waals surface area contributed by atoms with Crippen LogP contribution >= 0.6 is 11.6 Å². The first-order valence-electron chi connectivity index (χ1n) is 2.01. The SMILES string of the molecule is CC(Cl)C(O)=C(O)O. The summed E-state index contributed by atoms with van der Waals surface area (Å²) in [6.45, 7) is 1.42. The summed E-state index contributed by atoms with van der Waals surface area (Å²) in [5.41, 5.74) is 0. The molecule has 0 fully saturated rings. The number of aliphatic hydroxyl groups excluding tert-OH is 2. The first-order valence-corrected chi connectivity index (χ1v) is 2.44. The lowest BCUT2D eigenvalue weighted by Crippen LogP contribution is -1.99. The molecule has 3 N–H and O–H groups in total. The first-order chi connectivity index (χ1) is 3.55. The number of alkyl halides is 1. The van der Waals surface area contributed by atoms with Gasteiger partial charge in [0.1, 0.15) is 0 Å². The van der Waals surface area contributed by atoms with Crippen molar-refractivity contribution in [3.8, 4) is 0 Å². The second kappa shape index (κ2) is 2.67. The van der Waals surface area contributed by atoms with E-state index in [-0.39, 0.29) is 0 Å². The Morgan fingerprint density at radius 1 is 1.38 bits per heavy atom. The van der Waals surface area contributed by atoms with Gasteiger partial charge in [-0.2, -0.15) is 0 Å². The van der Waals surface area contributed by atoms with Gasteiger partial charge < -0.3 is 15.3 Å². The van der Waals surface area contributed by atoms with Gasteiger partial charge in [-0.15, -0.1) is 11.6 Å². The topological polar surface area (TPSA) is 60.7 Å². The van der Waals surface area contributed by atoms with E-state index in [1.165, 1.54) is 6.92 Å². The molecule has 0 spiro atoms. The molecule has 0 aromatic rings. The zero-order valence-electron chi connectivity index (χ0n) is 4.30. The van der Waals surface area contributed by atoms with Crippen molar-refractivity contribution in [3.05, 3.63) is 11.7 Å². The van der Waals surface area contributed by atoms with Gasteiger partial charge in [-0.1, -0.05) is 0 Å². The number of hydrogen-bond acceptors (Lipinski definition) is 3. The van der Waals surface area contributed by atoms with E-state index < -0.39 is 17.1 Å². The summed E-state index contributed by atoms with van der Waals surface area (Å²) in [7, 11) is 0. The van der Waals surface area contributed by atoms with Crippen LogP contribution < -0.4 is 0 Å². The molecule has 0 amide bonds. The quantitative estimate of drug-likeness (QED) is 0.380. The van der Waals surface area contributed by atoms with E-state index >= 15 is 0 Å². The highest BCUT2D eigenvalue weighted by Crippen LogP contribution is 2.06. The summed E-state index contributed by atoms with van der Waals surface area (Å²) < 4.78 is 0. The molecular weight excluding hydrogens is 131 g/mol. The molecule has 0 saturated carbocycles. The largest absolute Gasteiger partial charge is 0.505 e. The average Bonchev–Trinajstić information content (AvgIpc) is 1.64. The van der Waals surface area contributed by atoms with E-state index in [1.807, 2.05) is 0 Å². The molecule has 0 rings (SSSR count). The van der Waals surface area contributed by atoms with Crippen LogP contribution in [-0.2, 0) is 0 Å². The van der Waals surface area contributed by atoms with E-state index in [4.69, 9.17) is 26.9 Å². The molecular formula is C4H7ClO3. The minimum absolute atomic E-state index is 0.605. The molecule has 4 heteroatoms. The molecule has 0 radical (unpaired) electrons. The molecule has 0 aliphatic carbocycles. The van der Waals surface area contributed by atoms with E-state index in [0.29, 0.717) is 0 Å². The Morgan fingerprint density at radius 3 is 1.75 bits per heavy atom. The molecule has 1 unspecified atom stereocenters. The number of aliphatic hydroxyl groups is 3. The Morgan fingerprint density at radius 2 is 1.75 bits per heavy atom. The monoisotopic (exact) mass is 138 g/mol. The van der Waals surface area contributed by atoms with Crippen molar-refractivity contribution < 1.29 is 15.3 Å². The zero-order chi connectivity index (χ0) is 6.73. The standard InChI is InChI=1S/C4H7ClO3/c1-2(5)3(6)4(7)8/h2,6-8H,1H3. The van der Waals surface area contributed by atoms with Gasteiger partial charge in [0, 0.05) is 0 Å². The molecule has 0 aromatic carbocycles. The molecule has 1 atom stereocenters. The molecule has 3 nitrogen and oxygen atoms in total. The summed E-state index contributed by atoms with van der Waals surface area (Å²) in [6.07, 6.45) is 0. The second-order valence-corrected chi connectivity index (χ2v) is 1.98. The summed E-state index contributed by atoms with van der Waals surface area (Å²) in [4.78, 5) is 0. The lowest BCUT2D eigenvalue weighted by molar-refractivity contribution is 0.156. The smallest absolute Gasteiger partial charge is 0.315 e. The van der Waals surface area contributed by atoms with Crippen molar-refractivity contribution >= 4 is 11.6 Å². The zero-order valence-corrected chi connectivity index (χ0v) is 5.05. The minimum Gasteiger partial charge on any atom is -0.505 e. The highest BCUT2D eigenvalue weighted by molar-refractivity contribution is 6.21. The maximum absolute atomic E-state index is 8.45. The van der Waals surface area contributed by atoms with Gasteiger partial charge in [-0.3, -0.25) is 0 Å². The molecule has 8 heavy (non-hydrogen) atoms. The number of halogens is 1. The lowest BCUT2D eigenvalue weighted by atomic mass is 10.4. The van der Waals surface area contributed by atoms with Crippen LogP contribution in [0.4, 0.5) is 0 Å². The fraction of sp³-hybridized carbons (Fsp3) is 0.500. The number of hydrogen-bond donors (Lipinski definition) is 3. The van der Waals surface area contributed by atoms with Crippen LogP contribution in [0.3, 0.4) is 0 Å². The Labute approximate surface area is 51.8 Å². The fourth-order valence-corrected chi connectivity index (χ4v) is 0.275. The van der Waals surface area contributed by atoms with Crippen molar-refractivity contribution in [3.63, 3.8) is 0 Å². The highest BCUT2D eigenvalue weighted by atomic mass is 35.5. The van der Waals surface area contributed by atoms with E-state index in [1.54, 1.807) is 0 Å². The van der Waals surface area contributed by atoms with Crippen LogP contribution in [-0.4, -0.2) is 20.7 Å². The van der Waals surface area contributed by atoms with Gasteiger partial charge in [-0.25, -0.2) is 0 Å². The van der Waals surface area contributed by atoms with E-state index in [0.717, 1.165) is 0 Å². The Balaban J connectivity index is 4.00. The number of allylic oxidation sites excluding steroid dienone is 1. The maximum Gasteiger partial charge on any atom is 0.315 e. The molecule has 0 aromatic heterocycles. The fourth-order valence-electron chi connectivity index (χ4n) is 0.178. The van der Waals surface area contributed by atoms with Gasteiger partial charge in [0.15, 0.2) is 5.76 Å². The molecule has 0 aliphatic heterocycles. The van der Waals surface area contributed by atoms with Gasteiger partial charge in [0.2, 0.25) is 0 Å². The van der Waals surface area contributed by atoms with Crippen molar-refractivity contribution in [2.24, 2.45) is 0 Å². The van der Waals surface area contributed by atoms with Crippen LogP contribution in [0.1, 0.15) is 6.92 Å². The summed E-state index contributed by atoms with van der Waals surface area (Å²) in [6, 6.07) is 0. The van der Waals surface area contributed by atoms with Crippen LogP contribution in [0.5, 0.6) is 0 Å². The van der Waals surface area contributed by atoms with Gasteiger partial charge >= 0.3 is 5.95 Å². The van der Waals surface area contributed by atoms with E-state index in [9.17, 15) is 0 Å². The Kier molecular flexibility index (Phi) is 2.48. The van der Waals surface area contributed by atoms with Crippen molar-refractivity contribution in [1.82, 2.24) is 0 Å². The highest BCUT2D eigenvalue weighted by Gasteiger charge is 2.07. The minimum atomic E-state index is -1.12. The molecule has 0 heterocycles. The van der Waals surface area contributed by atoms with Crippen molar-refractivity contribution in [2.45, 2.75) is 12.3 Å². The summed E-state index contributed by atoms with van der Waals surface area (Å²) >= 11 is 5.20. The predicted octanol–water partition coefficient (Wildman–Crippen LogP) is 1.46. The predicted molar refractivity (Wildman–Crippen MR) is 30.2 cm³/mol. The first kappa shape index (κ1) is 7.43. The van der Waals surface area contributed by atoms with Crippen LogP contribution in [0.25, 0.3) is 0 Å². The van der Waals surface area contributed by atoms with Crippen LogP contribution in [0, 0.1) is 0 Å². The maximum atomic E-state index is 8.45. The molecule has 0 aliphatic rings. The van der Waals surface area contributed by atoms with Crippen LogP contribution in [0.2, 0.25) is 0 Å². The summed E-state index contributed by atoms with van der Waals surface area (Å²) in [5.74, 6) is -1.72. The Bertz CT molecular complexity index is 104. The van der Waals surface area contributed by atoms with Crippen molar-refractivity contribution in [1.29, 1.82) is 0 Å². The normalized spacial score (nSPS) is 12.8. The molecule has 0 saturated heterocycles. The molecule has 48 valence electrons. The van der Waals surface area contributed by atoms with E-state index in [2.05, 4.69) is 0 Å². The summed E-state index contributed by atoms with van der Waals surface area (Å²) in [5, 5.41) is 23.9. The van der Waals surface area contributed by atoms with Gasteiger partial charge in [-0.05, 0) is 6.92 Å². The Hall–Kier alpha value is -0.570. The van der Waals surface area contributed by atoms with Gasteiger partial charge in [0.25, 0.3) is 0 Å². The third-order valence-corrected chi connectivity index (χ3v) is 0.813. The van der Waals surface area contributed by atoms with Crippen molar-refractivity contribution in [2.75, 3.05) is 0 Å². The second-order valence-electron chi connectivity index (χ2n) is 1.32. The van der Waals surface area contributed by atoms with Crippen LogP contribution in [0.15, 0.2) is 11.7 Å². The third-order valence-electron chi connectivity index (χ3n) is 0.606. The molecule has 0 bridgehead atoms. The lowest BCUT2D eigenvalue weighted by Gasteiger charge is -1.98. The average molecular weight is 139 g/mol.